The highest BCUT2D eigenvalue weighted by Crippen LogP contribution is 2.20. The lowest BCUT2D eigenvalue weighted by atomic mass is 10.0. The number of ketones is 1. The average molecular weight is 267 g/mol. The lowest BCUT2D eigenvalue weighted by molar-refractivity contribution is 0.0990. The van der Waals surface area contributed by atoms with E-state index in [1.54, 1.807) is 19.9 Å². The van der Waals surface area contributed by atoms with Gasteiger partial charge in [-0.15, -0.1) is 0 Å². The molecule has 94 valence electrons. The van der Waals surface area contributed by atoms with E-state index in [0.717, 1.165) is 0 Å². The van der Waals surface area contributed by atoms with Crippen LogP contribution in [0.15, 0.2) is 28.7 Å². The molecule has 0 fully saturated rings. The fourth-order valence-electron chi connectivity index (χ4n) is 1.85. The Morgan fingerprint density at radius 1 is 1.33 bits per heavy atom. The van der Waals surface area contributed by atoms with Crippen molar-refractivity contribution in [1.29, 1.82) is 0 Å². The monoisotopic (exact) mass is 266 g/mol. The second-order valence-electron chi connectivity index (χ2n) is 4.16. The summed E-state index contributed by atoms with van der Waals surface area (Å²) in [6.45, 7) is 3.48. The fraction of sp³-hybridized carbons (Fsp3) is 0.214. The first-order valence-corrected chi connectivity index (χ1v) is 5.89. The van der Waals surface area contributed by atoms with E-state index in [1.807, 2.05) is 0 Å². The normalized spacial score (nSPS) is 10.7. The van der Waals surface area contributed by atoms with Crippen LogP contribution in [-0.2, 0) is 6.42 Å². The molecular weight excluding hydrogens is 255 g/mol. The topological polar surface area (TPSA) is 30.2 Å². The van der Waals surface area contributed by atoms with Gasteiger partial charge in [-0.2, -0.15) is 0 Å². The van der Waals surface area contributed by atoms with Crippen molar-refractivity contribution in [1.82, 2.24) is 0 Å². The van der Waals surface area contributed by atoms with Gasteiger partial charge in [0.1, 0.15) is 17.3 Å². The average Bonchev–Trinajstić information content (AvgIpc) is 2.63. The van der Waals surface area contributed by atoms with Gasteiger partial charge in [0.2, 0.25) is 0 Å². The second kappa shape index (κ2) is 4.94. The first-order valence-electron chi connectivity index (χ1n) is 5.51. The largest absolute Gasteiger partial charge is 0.466 e. The predicted octanol–water partition coefficient (Wildman–Crippen LogP) is 4.11. The van der Waals surface area contributed by atoms with Crippen molar-refractivity contribution in [3.63, 3.8) is 0 Å². The molecule has 4 heteroatoms. The molecule has 2 nitrogen and oxygen atoms in total. The zero-order chi connectivity index (χ0) is 13.3. The molecule has 0 unspecified atom stereocenters. The number of hydrogen-bond acceptors (Lipinski definition) is 2. The molecule has 0 spiro atoms. The minimum Gasteiger partial charge on any atom is -0.466 e. The minimum atomic E-state index is -0.425. The van der Waals surface area contributed by atoms with Crippen molar-refractivity contribution in [2.75, 3.05) is 0 Å². The van der Waals surface area contributed by atoms with Crippen molar-refractivity contribution < 1.29 is 13.6 Å². The summed E-state index contributed by atoms with van der Waals surface area (Å²) in [5.41, 5.74) is 0.789. The lowest BCUT2D eigenvalue weighted by Gasteiger charge is -2.02. The summed E-state index contributed by atoms with van der Waals surface area (Å²) in [4.78, 5) is 12.0. The molecule has 1 aromatic carbocycles. The van der Waals surface area contributed by atoms with Gasteiger partial charge in [0.05, 0.1) is 5.56 Å². The van der Waals surface area contributed by atoms with Crippen LogP contribution >= 0.6 is 11.6 Å². The molecule has 0 amide bonds. The molecule has 0 saturated carbocycles. The third kappa shape index (κ3) is 2.62. The number of rotatable bonds is 3. The molecule has 1 heterocycles. The zero-order valence-corrected chi connectivity index (χ0v) is 10.8. The smallest absolute Gasteiger partial charge is 0.170 e. The number of carbonyl (C=O) groups is 1. The van der Waals surface area contributed by atoms with E-state index < -0.39 is 5.82 Å². The van der Waals surface area contributed by atoms with Gasteiger partial charge in [0, 0.05) is 11.4 Å². The number of hydrogen-bond donors (Lipinski definition) is 0. The highest BCUT2D eigenvalue weighted by atomic mass is 35.5. The number of furan rings is 1. The third-order valence-electron chi connectivity index (χ3n) is 2.70. The molecule has 18 heavy (non-hydrogen) atoms. The van der Waals surface area contributed by atoms with E-state index in [4.69, 9.17) is 16.0 Å². The van der Waals surface area contributed by atoms with E-state index in [2.05, 4.69) is 0 Å². The van der Waals surface area contributed by atoms with Gasteiger partial charge in [-0.3, -0.25) is 4.79 Å². The number of benzene rings is 1. The Balaban J connectivity index is 2.26. The van der Waals surface area contributed by atoms with Gasteiger partial charge in [-0.25, -0.2) is 4.39 Å². The zero-order valence-electron chi connectivity index (χ0n) is 10.1. The number of carbonyl (C=O) groups excluding carboxylic acids is 1. The Labute approximate surface area is 109 Å². The van der Waals surface area contributed by atoms with Gasteiger partial charge in [-0.1, -0.05) is 11.6 Å². The first kappa shape index (κ1) is 12.8. The summed E-state index contributed by atoms with van der Waals surface area (Å²) in [5, 5.41) is 0.416. The highest BCUT2D eigenvalue weighted by Gasteiger charge is 2.16. The van der Waals surface area contributed by atoms with Crippen molar-refractivity contribution in [3.8, 4) is 0 Å². The van der Waals surface area contributed by atoms with Crippen molar-refractivity contribution in [3.05, 3.63) is 57.8 Å². The summed E-state index contributed by atoms with van der Waals surface area (Å²) in [5.74, 6) is 0.624. The van der Waals surface area contributed by atoms with Crippen molar-refractivity contribution >= 4 is 17.4 Å². The molecule has 0 radical (unpaired) electrons. The maximum atomic E-state index is 13.5. The molecule has 0 aliphatic carbocycles. The van der Waals surface area contributed by atoms with Crippen LogP contribution < -0.4 is 0 Å². The predicted molar refractivity (Wildman–Crippen MR) is 67.6 cm³/mol. The molecule has 2 rings (SSSR count). The standard InChI is InChI=1S/C14H12ClFO2/c1-8-5-12(9(2)18-8)14(17)7-10-6-11(15)3-4-13(10)16/h3-6H,7H2,1-2H3. The van der Waals surface area contributed by atoms with Crippen LogP contribution in [0.4, 0.5) is 4.39 Å². The molecular formula is C14H12ClFO2. The number of aryl methyl sites for hydroxylation is 2. The van der Waals surface area contributed by atoms with Gasteiger partial charge >= 0.3 is 0 Å². The van der Waals surface area contributed by atoms with E-state index in [9.17, 15) is 9.18 Å². The van der Waals surface area contributed by atoms with Gasteiger partial charge < -0.3 is 4.42 Å². The summed E-state index contributed by atoms with van der Waals surface area (Å²) in [6, 6.07) is 5.85. The Morgan fingerprint density at radius 2 is 2.06 bits per heavy atom. The van der Waals surface area contributed by atoms with Gasteiger partial charge in [0.25, 0.3) is 0 Å². The Kier molecular flexibility index (Phi) is 3.53. The van der Waals surface area contributed by atoms with Crippen LogP contribution in [0.1, 0.15) is 27.4 Å². The fourth-order valence-corrected chi connectivity index (χ4v) is 2.05. The first-order chi connectivity index (χ1) is 8.47. The van der Waals surface area contributed by atoms with Crippen LogP contribution in [0.5, 0.6) is 0 Å². The van der Waals surface area contributed by atoms with E-state index in [0.29, 0.717) is 27.7 Å². The van der Waals surface area contributed by atoms with Crippen LogP contribution in [0.2, 0.25) is 5.02 Å². The summed E-state index contributed by atoms with van der Waals surface area (Å²) in [6.07, 6.45) is -0.0216. The Morgan fingerprint density at radius 3 is 2.67 bits per heavy atom. The molecule has 0 aliphatic rings. The molecule has 0 bridgehead atoms. The van der Waals surface area contributed by atoms with Crippen molar-refractivity contribution in [2.24, 2.45) is 0 Å². The molecule has 0 N–H and O–H groups in total. The van der Waals surface area contributed by atoms with Crippen LogP contribution in [-0.4, -0.2) is 5.78 Å². The molecule has 1 aromatic heterocycles. The summed E-state index contributed by atoms with van der Waals surface area (Å²) >= 11 is 5.79. The summed E-state index contributed by atoms with van der Waals surface area (Å²) < 4.78 is 18.8. The Hall–Kier alpha value is -1.61. The van der Waals surface area contributed by atoms with Crippen LogP contribution in [0.3, 0.4) is 0 Å². The quantitative estimate of drug-likeness (QED) is 0.783. The maximum absolute atomic E-state index is 13.5. The Bertz CT molecular complexity index is 602. The second-order valence-corrected chi connectivity index (χ2v) is 4.60. The summed E-state index contributed by atoms with van der Waals surface area (Å²) in [7, 11) is 0. The highest BCUT2D eigenvalue weighted by molar-refractivity contribution is 6.30. The van der Waals surface area contributed by atoms with E-state index in [1.165, 1.54) is 18.2 Å². The van der Waals surface area contributed by atoms with Crippen LogP contribution in [0.25, 0.3) is 0 Å². The van der Waals surface area contributed by atoms with E-state index >= 15 is 0 Å². The van der Waals surface area contributed by atoms with E-state index in [-0.39, 0.29) is 12.2 Å². The number of Topliss-reactive ketones (excluding diaryl/α,β-unsaturated/α-hetero) is 1. The molecule has 0 saturated heterocycles. The van der Waals surface area contributed by atoms with Crippen LogP contribution in [0, 0.1) is 19.7 Å². The molecule has 0 aliphatic heterocycles. The lowest BCUT2D eigenvalue weighted by Crippen LogP contribution is -2.05. The maximum Gasteiger partial charge on any atom is 0.170 e. The SMILES string of the molecule is Cc1cc(C(=O)Cc2cc(Cl)ccc2F)c(C)o1. The molecule has 0 atom stereocenters. The van der Waals surface area contributed by atoms with Crippen molar-refractivity contribution in [2.45, 2.75) is 20.3 Å². The van der Waals surface area contributed by atoms with Gasteiger partial charge in [0.15, 0.2) is 5.78 Å². The third-order valence-corrected chi connectivity index (χ3v) is 2.94. The molecule has 2 aromatic rings. The number of halogens is 2. The van der Waals surface area contributed by atoms with Gasteiger partial charge in [-0.05, 0) is 43.7 Å². The minimum absolute atomic E-state index is 0.0216.